The Balaban J connectivity index is 1.09. The molecule has 2 heteroatoms. The maximum Gasteiger partial charge on any atom is 0.143 e. The molecule has 1 aromatic heterocycles. The van der Waals surface area contributed by atoms with Gasteiger partial charge in [0.1, 0.15) is 11.2 Å². The first kappa shape index (κ1) is 31.1. The molecule has 0 unspecified atom stereocenters. The Hall–Kier alpha value is -6.64. The minimum atomic E-state index is -0.109. The van der Waals surface area contributed by atoms with Crippen LogP contribution in [0.2, 0.25) is 0 Å². The lowest BCUT2D eigenvalue weighted by molar-refractivity contribution is 0.660. The van der Waals surface area contributed by atoms with E-state index in [1.807, 2.05) is 12.1 Å². The normalized spacial score (nSPS) is 12.9. The minimum absolute atomic E-state index is 0.109. The summed E-state index contributed by atoms with van der Waals surface area (Å²) in [7, 11) is 0. The second-order valence-corrected chi connectivity index (χ2v) is 14.6. The van der Waals surface area contributed by atoms with Crippen molar-refractivity contribution in [3.8, 4) is 44.5 Å². The van der Waals surface area contributed by atoms with Crippen LogP contribution in [0, 0.1) is 0 Å². The Morgan fingerprint density at radius 1 is 0.377 bits per heavy atom. The van der Waals surface area contributed by atoms with Crippen molar-refractivity contribution in [2.45, 2.75) is 19.3 Å². The Morgan fingerprint density at radius 3 is 1.72 bits per heavy atom. The van der Waals surface area contributed by atoms with Gasteiger partial charge in [-0.1, -0.05) is 159 Å². The lowest BCUT2D eigenvalue weighted by Crippen LogP contribution is -2.16. The molecule has 8 aromatic carbocycles. The minimum Gasteiger partial charge on any atom is -0.455 e. The molecule has 0 aliphatic heterocycles. The van der Waals surface area contributed by atoms with Crippen molar-refractivity contribution in [1.82, 2.24) is 0 Å². The van der Waals surface area contributed by atoms with Crippen molar-refractivity contribution < 1.29 is 4.42 Å². The average molecular weight is 680 g/mol. The standard InChI is InChI=1S/C51H37NO/c1-51(2)47-20-8-6-16-43(47)44-31-30-41(33-48(44)51)52(39-28-26-37(27-29-39)36-24-22-35(23-25-36)34-12-4-3-5-13-34)40-15-10-14-38(32-40)42-18-11-19-46-45-17-7-9-21-49(45)53-50(42)46/h3-33H,1-2H3. The molecule has 252 valence electrons. The highest BCUT2D eigenvalue weighted by Gasteiger charge is 2.35. The van der Waals surface area contributed by atoms with Crippen LogP contribution in [0.25, 0.3) is 66.4 Å². The fourth-order valence-electron chi connectivity index (χ4n) is 8.35. The number of hydrogen-bond donors (Lipinski definition) is 0. The summed E-state index contributed by atoms with van der Waals surface area (Å²) in [6.07, 6.45) is 0. The van der Waals surface area contributed by atoms with E-state index in [0.29, 0.717) is 0 Å². The Bertz CT molecular complexity index is 2790. The molecule has 9 aromatic rings. The van der Waals surface area contributed by atoms with E-state index in [1.165, 1.54) is 44.5 Å². The first-order chi connectivity index (χ1) is 26.0. The smallest absolute Gasteiger partial charge is 0.143 e. The third-order valence-corrected chi connectivity index (χ3v) is 11.1. The summed E-state index contributed by atoms with van der Waals surface area (Å²) < 4.78 is 6.49. The van der Waals surface area contributed by atoms with Gasteiger partial charge in [0.25, 0.3) is 0 Å². The summed E-state index contributed by atoms with van der Waals surface area (Å²) in [5.74, 6) is 0. The molecule has 0 bridgehead atoms. The van der Waals surface area contributed by atoms with Crippen molar-refractivity contribution in [3.63, 3.8) is 0 Å². The molecule has 2 nitrogen and oxygen atoms in total. The molecule has 0 atom stereocenters. The Kier molecular flexibility index (Phi) is 7.19. The Morgan fingerprint density at radius 2 is 0.925 bits per heavy atom. The Labute approximate surface area is 310 Å². The van der Waals surface area contributed by atoms with E-state index in [9.17, 15) is 0 Å². The average Bonchev–Trinajstić information content (AvgIpc) is 3.71. The van der Waals surface area contributed by atoms with Crippen LogP contribution in [-0.2, 0) is 5.41 Å². The molecule has 0 saturated carbocycles. The van der Waals surface area contributed by atoms with E-state index >= 15 is 0 Å². The molecule has 0 radical (unpaired) electrons. The van der Waals surface area contributed by atoms with Crippen molar-refractivity contribution in [1.29, 1.82) is 0 Å². The molecule has 0 spiro atoms. The van der Waals surface area contributed by atoms with Gasteiger partial charge in [-0.25, -0.2) is 0 Å². The van der Waals surface area contributed by atoms with E-state index < -0.39 is 0 Å². The zero-order valence-electron chi connectivity index (χ0n) is 29.8. The monoisotopic (exact) mass is 679 g/mol. The molecule has 10 rings (SSSR count). The third kappa shape index (κ3) is 5.18. The number of rotatable bonds is 6. The first-order valence-corrected chi connectivity index (χ1v) is 18.3. The van der Waals surface area contributed by atoms with E-state index in [-0.39, 0.29) is 5.41 Å². The van der Waals surface area contributed by atoms with Crippen LogP contribution in [0.5, 0.6) is 0 Å². The maximum absolute atomic E-state index is 6.49. The number of nitrogens with zero attached hydrogens (tertiary/aromatic N) is 1. The second-order valence-electron chi connectivity index (χ2n) is 14.6. The maximum atomic E-state index is 6.49. The van der Waals surface area contributed by atoms with Gasteiger partial charge < -0.3 is 9.32 Å². The molecule has 1 aliphatic carbocycles. The van der Waals surface area contributed by atoms with Crippen molar-refractivity contribution in [2.24, 2.45) is 0 Å². The summed E-state index contributed by atoms with van der Waals surface area (Å²) in [5, 5.41) is 2.27. The quantitative estimate of drug-likeness (QED) is 0.174. The number of para-hydroxylation sites is 2. The lowest BCUT2D eigenvalue weighted by atomic mass is 9.82. The molecule has 1 heterocycles. The van der Waals surface area contributed by atoms with Crippen LogP contribution >= 0.6 is 0 Å². The van der Waals surface area contributed by atoms with E-state index in [4.69, 9.17) is 4.42 Å². The lowest BCUT2D eigenvalue weighted by Gasteiger charge is -2.28. The van der Waals surface area contributed by atoms with E-state index in [1.54, 1.807) is 0 Å². The number of fused-ring (bicyclic) bond motifs is 6. The zero-order valence-corrected chi connectivity index (χ0v) is 29.8. The molecule has 0 amide bonds. The van der Waals surface area contributed by atoms with Crippen LogP contribution in [-0.4, -0.2) is 0 Å². The van der Waals surface area contributed by atoms with E-state index in [2.05, 4.69) is 195 Å². The molecule has 53 heavy (non-hydrogen) atoms. The molecular weight excluding hydrogens is 643 g/mol. The fourth-order valence-corrected chi connectivity index (χ4v) is 8.35. The SMILES string of the molecule is CC1(C)c2ccccc2-c2ccc(N(c3ccc(-c4ccc(-c5ccccc5)cc4)cc3)c3cccc(-c4cccc5c4oc4ccccc45)c3)cc21. The topological polar surface area (TPSA) is 16.4 Å². The van der Waals surface area contributed by atoms with Crippen LogP contribution in [0.1, 0.15) is 25.0 Å². The van der Waals surface area contributed by atoms with Crippen LogP contribution < -0.4 is 4.90 Å². The van der Waals surface area contributed by atoms with Gasteiger partial charge in [-0.3, -0.25) is 0 Å². The summed E-state index contributed by atoms with van der Waals surface area (Å²) in [6.45, 7) is 4.69. The van der Waals surface area contributed by atoms with Crippen molar-refractivity contribution >= 4 is 39.0 Å². The summed E-state index contributed by atoms with van der Waals surface area (Å²) >= 11 is 0. The summed E-state index contributed by atoms with van der Waals surface area (Å²) in [4.78, 5) is 2.39. The van der Waals surface area contributed by atoms with Gasteiger partial charge in [0.05, 0.1) is 0 Å². The number of anilines is 3. The van der Waals surface area contributed by atoms with Gasteiger partial charge in [0.15, 0.2) is 0 Å². The molecule has 0 fully saturated rings. The second kappa shape index (κ2) is 12.3. The summed E-state index contributed by atoms with van der Waals surface area (Å²) in [5.41, 5.74) is 17.4. The number of benzene rings is 8. The van der Waals surface area contributed by atoms with E-state index in [0.717, 1.165) is 50.1 Å². The van der Waals surface area contributed by atoms with Crippen molar-refractivity contribution in [3.05, 3.63) is 199 Å². The van der Waals surface area contributed by atoms with Gasteiger partial charge in [-0.2, -0.15) is 0 Å². The van der Waals surface area contributed by atoms with Gasteiger partial charge in [0, 0.05) is 38.8 Å². The summed E-state index contributed by atoms with van der Waals surface area (Å²) in [6, 6.07) is 67.8. The molecular formula is C51H37NO. The van der Waals surface area contributed by atoms with Crippen LogP contribution in [0.3, 0.4) is 0 Å². The van der Waals surface area contributed by atoms with Crippen molar-refractivity contribution in [2.75, 3.05) is 4.90 Å². The molecule has 0 saturated heterocycles. The largest absolute Gasteiger partial charge is 0.455 e. The first-order valence-electron chi connectivity index (χ1n) is 18.3. The van der Waals surface area contributed by atoms with Crippen LogP contribution in [0.15, 0.2) is 192 Å². The zero-order chi connectivity index (χ0) is 35.5. The number of hydrogen-bond acceptors (Lipinski definition) is 2. The van der Waals surface area contributed by atoms with Gasteiger partial charge in [-0.05, 0) is 92.5 Å². The highest BCUT2D eigenvalue weighted by molar-refractivity contribution is 6.09. The number of furan rings is 1. The van der Waals surface area contributed by atoms with Crippen LogP contribution in [0.4, 0.5) is 17.1 Å². The predicted molar refractivity (Wildman–Crippen MR) is 222 cm³/mol. The highest BCUT2D eigenvalue weighted by Crippen LogP contribution is 2.51. The fraction of sp³-hybridized carbons (Fsp3) is 0.0588. The molecule has 1 aliphatic rings. The van der Waals surface area contributed by atoms with Gasteiger partial charge in [0.2, 0.25) is 0 Å². The molecule has 0 N–H and O–H groups in total. The van der Waals surface area contributed by atoms with Gasteiger partial charge in [-0.15, -0.1) is 0 Å². The third-order valence-electron chi connectivity index (χ3n) is 11.1. The predicted octanol–water partition coefficient (Wildman–Crippen LogP) is 14.4. The highest BCUT2D eigenvalue weighted by atomic mass is 16.3. The van der Waals surface area contributed by atoms with Gasteiger partial charge >= 0.3 is 0 Å².